The first-order chi connectivity index (χ1) is 13.7. The number of halogens is 1. The molecule has 1 N–H and O–H groups in total. The van der Waals surface area contributed by atoms with Crippen LogP contribution in [0.25, 0.3) is 11.4 Å². The number of hydrogen-bond donors (Lipinski definition) is 1. The van der Waals surface area contributed by atoms with E-state index in [9.17, 15) is 0 Å². The maximum absolute atomic E-state index is 6.00. The molecule has 7 nitrogen and oxygen atoms in total. The molecule has 0 radical (unpaired) electrons. The summed E-state index contributed by atoms with van der Waals surface area (Å²) in [6, 6.07) is 15.0. The summed E-state index contributed by atoms with van der Waals surface area (Å²) in [6.07, 6.45) is 0. The lowest BCUT2D eigenvalue weighted by molar-refractivity contribution is 0.391. The molecule has 0 bridgehead atoms. The molecule has 0 spiro atoms. The second kappa shape index (κ2) is 8.59. The molecule has 10 heteroatoms. The third-order valence-electron chi connectivity index (χ3n) is 3.63. The molecule has 0 aliphatic carbocycles. The first kappa shape index (κ1) is 18.7. The number of rotatable bonds is 7. The predicted octanol–water partition coefficient (Wildman–Crippen LogP) is 5.29. The second-order valence-electron chi connectivity index (χ2n) is 5.51. The van der Waals surface area contributed by atoms with Gasteiger partial charge in [0.2, 0.25) is 16.8 Å². The fourth-order valence-electron chi connectivity index (χ4n) is 2.36. The van der Waals surface area contributed by atoms with Gasteiger partial charge < -0.3 is 14.6 Å². The molecule has 0 aliphatic rings. The van der Waals surface area contributed by atoms with E-state index in [1.54, 1.807) is 19.2 Å². The third-order valence-corrected chi connectivity index (χ3v) is 5.82. The average molecular weight is 432 g/mol. The first-order valence-corrected chi connectivity index (χ1v) is 10.3. The number of ether oxygens (including phenoxy) is 1. The lowest BCUT2D eigenvalue weighted by Crippen LogP contribution is -1.93. The summed E-state index contributed by atoms with van der Waals surface area (Å²) in [6.45, 7) is 0. The normalized spacial score (nSPS) is 10.8. The Morgan fingerprint density at radius 1 is 1.18 bits per heavy atom. The van der Waals surface area contributed by atoms with Gasteiger partial charge in [-0.05, 0) is 24.3 Å². The lowest BCUT2D eigenvalue weighted by Gasteiger charge is -2.07. The SMILES string of the molecule is COc1ccccc1Nc1nnc(SCc2nc(-c3cccc(Cl)c3)no2)s1. The highest BCUT2D eigenvalue weighted by atomic mass is 35.5. The zero-order chi connectivity index (χ0) is 19.3. The molecule has 0 saturated heterocycles. The van der Waals surface area contributed by atoms with E-state index in [2.05, 4.69) is 25.7 Å². The Labute approximate surface area is 174 Å². The highest BCUT2D eigenvalue weighted by Crippen LogP contribution is 2.32. The van der Waals surface area contributed by atoms with Gasteiger partial charge in [0.1, 0.15) is 5.75 Å². The lowest BCUT2D eigenvalue weighted by atomic mass is 10.2. The fraction of sp³-hybridized carbons (Fsp3) is 0.111. The Morgan fingerprint density at radius 2 is 2.07 bits per heavy atom. The number of aromatic nitrogens is 4. The molecule has 142 valence electrons. The van der Waals surface area contributed by atoms with Gasteiger partial charge >= 0.3 is 0 Å². The van der Waals surface area contributed by atoms with Gasteiger partial charge in [0.05, 0.1) is 18.6 Å². The molecular weight excluding hydrogens is 418 g/mol. The van der Waals surface area contributed by atoms with E-state index in [4.69, 9.17) is 20.9 Å². The Morgan fingerprint density at radius 3 is 2.93 bits per heavy atom. The fourth-order valence-corrected chi connectivity index (χ4v) is 4.16. The van der Waals surface area contributed by atoms with Crippen molar-refractivity contribution in [3.63, 3.8) is 0 Å². The average Bonchev–Trinajstić information content (AvgIpc) is 3.36. The number of benzene rings is 2. The molecular formula is C18H14ClN5O2S2. The standard InChI is InChI=1S/C18H14ClN5O2S2/c1-25-14-8-3-2-7-13(14)20-17-22-23-18(28-17)27-10-15-21-16(24-26-15)11-5-4-6-12(19)9-11/h2-9H,10H2,1H3,(H,20,22). The maximum atomic E-state index is 6.00. The van der Waals surface area contributed by atoms with Gasteiger partial charge in [0, 0.05) is 10.6 Å². The molecule has 2 aromatic heterocycles. The zero-order valence-corrected chi connectivity index (χ0v) is 17.0. The Kier molecular flexibility index (Phi) is 5.75. The number of nitrogens with one attached hydrogen (secondary N) is 1. The van der Waals surface area contributed by atoms with Gasteiger partial charge in [-0.25, -0.2) is 0 Å². The van der Waals surface area contributed by atoms with E-state index in [0.29, 0.717) is 27.6 Å². The van der Waals surface area contributed by atoms with E-state index in [1.165, 1.54) is 23.1 Å². The second-order valence-corrected chi connectivity index (χ2v) is 8.15. The highest BCUT2D eigenvalue weighted by Gasteiger charge is 2.12. The number of para-hydroxylation sites is 2. The van der Waals surface area contributed by atoms with Crippen molar-refractivity contribution in [1.29, 1.82) is 0 Å². The summed E-state index contributed by atoms with van der Waals surface area (Å²) in [5, 5.41) is 16.9. The van der Waals surface area contributed by atoms with Crippen LogP contribution in [0.4, 0.5) is 10.8 Å². The van der Waals surface area contributed by atoms with Crippen LogP contribution in [0.3, 0.4) is 0 Å². The van der Waals surface area contributed by atoms with Crippen LogP contribution in [0.5, 0.6) is 5.75 Å². The molecule has 0 atom stereocenters. The van der Waals surface area contributed by atoms with Gasteiger partial charge in [-0.15, -0.1) is 10.2 Å². The van der Waals surface area contributed by atoms with E-state index < -0.39 is 0 Å². The first-order valence-electron chi connectivity index (χ1n) is 8.16. The monoisotopic (exact) mass is 431 g/mol. The smallest absolute Gasteiger partial charge is 0.237 e. The molecule has 2 heterocycles. The quantitative estimate of drug-likeness (QED) is 0.395. The molecule has 4 aromatic rings. The minimum atomic E-state index is 0.497. The Balaban J connectivity index is 1.39. The van der Waals surface area contributed by atoms with Crippen molar-refractivity contribution >= 4 is 45.5 Å². The van der Waals surface area contributed by atoms with Crippen molar-refractivity contribution in [2.24, 2.45) is 0 Å². The number of methoxy groups -OCH3 is 1. The number of thioether (sulfide) groups is 1. The Bertz CT molecular complexity index is 1090. The van der Waals surface area contributed by atoms with Gasteiger partial charge in [0.15, 0.2) is 4.34 Å². The summed E-state index contributed by atoms with van der Waals surface area (Å²) in [5.41, 5.74) is 1.65. The van der Waals surface area contributed by atoms with Crippen molar-refractivity contribution in [3.8, 4) is 17.1 Å². The molecule has 0 saturated carbocycles. The largest absolute Gasteiger partial charge is 0.495 e. The van der Waals surface area contributed by atoms with Crippen molar-refractivity contribution in [2.75, 3.05) is 12.4 Å². The van der Waals surface area contributed by atoms with Crippen LogP contribution < -0.4 is 10.1 Å². The van der Waals surface area contributed by atoms with Crippen molar-refractivity contribution in [1.82, 2.24) is 20.3 Å². The van der Waals surface area contributed by atoms with Crippen molar-refractivity contribution in [2.45, 2.75) is 10.1 Å². The number of hydrogen-bond acceptors (Lipinski definition) is 9. The minimum Gasteiger partial charge on any atom is -0.495 e. The molecule has 0 unspecified atom stereocenters. The van der Waals surface area contributed by atoms with Crippen LogP contribution in [0, 0.1) is 0 Å². The van der Waals surface area contributed by atoms with Gasteiger partial charge in [-0.3, -0.25) is 0 Å². The molecule has 2 aromatic carbocycles. The molecule has 0 fully saturated rings. The summed E-state index contributed by atoms with van der Waals surface area (Å²) in [7, 11) is 1.63. The summed E-state index contributed by atoms with van der Waals surface area (Å²) < 4.78 is 11.4. The van der Waals surface area contributed by atoms with Gasteiger partial charge in [-0.2, -0.15) is 4.98 Å². The van der Waals surface area contributed by atoms with E-state index >= 15 is 0 Å². The Hall–Kier alpha value is -2.62. The minimum absolute atomic E-state index is 0.497. The van der Waals surface area contributed by atoms with Crippen LogP contribution in [-0.2, 0) is 5.75 Å². The van der Waals surface area contributed by atoms with Crippen LogP contribution in [0.15, 0.2) is 57.4 Å². The maximum Gasteiger partial charge on any atom is 0.237 e. The molecule has 0 aliphatic heterocycles. The van der Waals surface area contributed by atoms with E-state index in [1.807, 2.05) is 36.4 Å². The summed E-state index contributed by atoms with van der Waals surface area (Å²) >= 11 is 8.92. The van der Waals surface area contributed by atoms with Crippen molar-refractivity contribution < 1.29 is 9.26 Å². The van der Waals surface area contributed by atoms with Crippen LogP contribution in [-0.4, -0.2) is 27.4 Å². The van der Waals surface area contributed by atoms with Crippen LogP contribution in [0.1, 0.15) is 5.89 Å². The van der Waals surface area contributed by atoms with E-state index in [0.717, 1.165) is 21.3 Å². The highest BCUT2D eigenvalue weighted by molar-refractivity contribution is 8.00. The number of nitrogens with zero attached hydrogens (tertiary/aromatic N) is 4. The molecule has 4 rings (SSSR count). The topological polar surface area (TPSA) is 86.0 Å². The van der Waals surface area contributed by atoms with Gasteiger partial charge in [-0.1, -0.05) is 64.1 Å². The number of anilines is 2. The molecule has 0 amide bonds. The van der Waals surface area contributed by atoms with E-state index in [-0.39, 0.29) is 0 Å². The van der Waals surface area contributed by atoms with Crippen LogP contribution in [0.2, 0.25) is 5.02 Å². The zero-order valence-electron chi connectivity index (χ0n) is 14.6. The summed E-state index contributed by atoms with van der Waals surface area (Å²) in [4.78, 5) is 4.40. The summed E-state index contributed by atoms with van der Waals surface area (Å²) in [5.74, 6) is 2.26. The van der Waals surface area contributed by atoms with Crippen LogP contribution >= 0.6 is 34.7 Å². The predicted molar refractivity (Wildman–Crippen MR) is 110 cm³/mol. The third kappa shape index (κ3) is 4.44. The van der Waals surface area contributed by atoms with Gasteiger partial charge in [0.25, 0.3) is 0 Å². The molecule has 28 heavy (non-hydrogen) atoms. The van der Waals surface area contributed by atoms with Crippen molar-refractivity contribution in [3.05, 3.63) is 59.4 Å².